The summed E-state index contributed by atoms with van der Waals surface area (Å²) >= 11 is 1.25. The Hall–Kier alpha value is -3.26. The van der Waals surface area contributed by atoms with Gasteiger partial charge >= 0.3 is 0 Å². The summed E-state index contributed by atoms with van der Waals surface area (Å²) in [5.74, 6) is -0.523. The molecule has 3 heterocycles. The number of rotatable bonds is 4. The molecule has 3 aromatic rings. The van der Waals surface area contributed by atoms with Gasteiger partial charge in [-0.05, 0) is 29.2 Å². The summed E-state index contributed by atoms with van der Waals surface area (Å²) in [6.07, 6.45) is 4.12. The van der Waals surface area contributed by atoms with E-state index in [4.69, 9.17) is 0 Å². The van der Waals surface area contributed by atoms with Crippen LogP contribution in [0.3, 0.4) is 0 Å². The lowest BCUT2D eigenvalue weighted by atomic mass is 9.68. The van der Waals surface area contributed by atoms with Crippen LogP contribution in [0.4, 0.5) is 10.2 Å². The number of halogens is 1. The molecule has 0 amide bonds. The van der Waals surface area contributed by atoms with Crippen molar-refractivity contribution >= 4 is 23.4 Å². The average molecular weight is 463 g/mol. The van der Waals surface area contributed by atoms with Gasteiger partial charge < -0.3 is 10.3 Å². The van der Waals surface area contributed by atoms with Crippen LogP contribution in [0.1, 0.15) is 43.0 Å². The fourth-order valence-corrected chi connectivity index (χ4v) is 5.48. The number of hydrogen-bond donors (Lipinski definition) is 2. The number of thioether (sulfide) groups is 1. The van der Waals surface area contributed by atoms with Crippen LogP contribution < -0.4 is 10.9 Å². The van der Waals surface area contributed by atoms with Crippen molar-refractivity contribution in [1.29, 1.82) is 0 Å². The zero-order valence-corrected chi connectivity index (χ0v) is 19.1. The van der Waals surface area contributed by atoms with Crippen LogP contribution in [0, 0.1) is 17.2 Å². The highest BCUT2D eigenvalue weighted by Crippen LogP contribution is 2.47. The molecule has 0 bridgehead atoms. The third-order valence-electron chi connectivity index (χ3n) is 6.03. The normalized spacial score (nSPS) is 20.9. The average Bonchev–Trinajstić information content (AvgIpc) is 2.77. The van der Waals surface area contributed by atoms with Gasteiger partial charge in [0.1, 0.15) is 17.4 Å². The Balaban J connectivity index is 1.59. The Morgan fingerprint density at radius 1 is 1.12 bits per heavy atom. The molecule has 2 N–H and O–H groups in total. The first-order chi connectivity index (χ1) is 15.8. The molecule has 168 valence electrons. The summed E-state index contributed by atoms with van der Waals surface area (Å²) in [5, 5.41) is 3.65. The van der Waals surface area contributed by atoms with Crippen molar-refractivity contribution in [3.05, 3.63) is 93.4 Å². The van der Waals surface area contributed by atoms with Crippen molar-refractivity contribution in [2.24, 2.45) is 11.3 Å². The Bertz CT molecular complexity index is 1320. The molecule has 2 aliphatic rings. The number of nitrogens with one attached hydrogen (secondary N) is 2. The standard InChI is InChI=1S/C25H23FN4O2S/c1-25(2)11-17-19(18(31)12-25)20(16-9-5-6-10-27-16)21-22(28-17)29-24(30-23(21)32)33-13-14-7-3-4-8-15(14)26/h3-11,19-20H,12-13H2,1-2H3,(H2,28,29,30,32)/t19-,20-/m1/s1. The Kier molecular flexibility index (Phi) is 5.40. The molecule has 0 fully saturated rings. The number of carbonyl (C=O) groups is 1. The molecular weight excluding hydrogens is 439 g/mol. The molecule has 1 aliphatic carbocycles. The molecule has 2 aromatic heterocycles. The van der Waals surface area contributed by atoms with Crippen LogP contribution in [-0.4, -0.2) is 20.7 Å². The van der Waals surface area contributed by atoms with Gasteiger partial charge in [0.2, 0.25) is 0 Å². The molecule has 1 aliphatic heterocycles. The number of carbonyl (C=O) groups excluding carboxylic acids is 1. The zero-order valence-electron chi connectivity index (χ0n) is 18.3. The van der Waals surface area contributed by atoms with Crippen molar-refractivity contribution in [2.75, 3.05) is 5.32 Å². The lowest BCUT2D eigenvalue weighted by molar-refractivity contribution is -0.124. The smallest absolute Gasteiger partial charge is 0.257 e. The number of aromatic nitrogens is 3. The lowest BCUT2D eigenvalue weighted by Gasteiger charge is -2.40. The molecule has 0 unspecified atom stereocenters. The van der Waals surface area contributed by atoms with Crippen molar-refractivity contribution in [3.63, 3.8) is 0 Å². The third-order valence-corrected chi connectivity index (χ3v) is 6.95. The lowest BCUT2D eigenvalue weighted by Crippen LogP contribution is -2.42. The molecule has 0 saturated heterocycles. The van der Waals surface area contributed by atoms with Crippen LogP contribution in [-0.2, 0) is 10.5 Å². The van der Waals surface area contributed by atoms with Crippen molar-refractivity contribution in [1.82, 2.24) is 15.0 Å². The molecule has 1 aromatic carbocycles. The van der Waals surface area contributed by atoms with Gasteiger partial charge in [0, 0.05) is 29.8 Å². The number of hydrogen-bond acceptors (Lipinski definition) is 6. The molecular formula is C25H23FN4O2S. The molecule has 8 heteroatoms. The molecule has 33 heavy (non-hydrogen) atoms. The molecule has 0 spiro atoms. The van der Waals surface area contributed by atoms with E-state index in [9.17, 15) is 14.0 Å². The van der Waals surface area contributed by atoms with Gasteiger partial charge in [0.25, 0.3) is 5.56 Å². The van der Waals surface area contributed by atoms with Gasteiger partial charge in [-0.2, -0.15) is 0 Å². The first-order valence-electron chi connectivity index (χ1n) is 10.8. The molecule has 0 radical (unpaired) electrons. The van der Waals surface area contributed by atoms with Gasteiger partial charge in [0.05, 0.1) is 17.4 Å². The van der Waals surface area contributed by atoms with Crippen LogP contribution in [0.2, 0.25) is 0 Å². The van der Waals surface area contributed by atoms with E-state index in [1.54, 1.807) is 30.5 Å². The summed E-state index contributed by atoms with van der Waals surface area (Å²) in [6.45, 7) is 4.03. The zero-order chi connectivity index (χ0) is 23.2. The van der Waals surface area contributed by atoms with Gasteiger partial charge in [0.15, 0.2) is 5.16 Å². The number of ketones is 1. The largest absolute Gasteiger partial charge is 0.343 e. The van der Waals surface area contributed by atoms with Crippen molar-refractivity contribution in [3.8, 4) is 0 Å². The van der Waals surface area contributed by atoms with E-state index < -0.39 is 11.8 Å². The third kappa shape index (κ3) is 4.11. The molecule has 5 rings (SSSR count). The van der Waals surface area contributed by atoms with Gasteiger partial charge in [-0.1, -0.05) is 56.0 Å². The fourth-order valence-electron chi connectivity index (χ4n) is 4.63. The van der Waals surface area contributed by atoms with E-state index in [1.807, 2.05) is 26.0 Å². The quantitative estimate of drug-likeness (QED) is 0.433. The minimum absolute atomic E-state index is 0.0729. The van der Waals surface area contributed by atoms with Crippen LogP contribution >= 0.6 is 11.8 Å². The summed E-state index contributed by atoms with van der Waals surface area (Å²) in [5.41, 5.74) is 1.72. The van der Waals surface area contributed by atoms with Crippen LogP contribution in [0.25, 0.3) is 0 Å². The second-order valence-corrected chi connectivity index (χ2v) is 10.0. The number of aromatic amines is 1. The number of allylic oxidation sites excluding steroid dienone is 2. The van der Waals surface area contributed by atoms with E-state index in [2.05, 4.69) is 26.3 Å². The number of anilines is 1. The predicted molar refractivity (Wildman–Crippen MR) is 125 cm³/mol. The number of benzene rings is 1. The van der Waals surface area contributed by atoms with Crippen LogP contribution in [0.5, 0.6) is 0 Å². The maximum Gasteiger partial charge on any atom is 0.257 e. The van der Waals surface area contributed by atoms with Gasteiger partial charge in [-0.3, -0.25) is 14.6 Å². The Morgan fingerprint density at radius 3 is 2.67 bits per heavy atom. The highest BCUT2D eigenvalue weighted by molar-refractivity contribution is 7.98. The maximum absolute atomic E-state index is 14.0. The predicted octanol–water partition coefficient (Wildman–Crippen LogP) is 4.65. The minimum Gasteiger partial charge on any atom is -0.343 e. The van der Waals surface area contributed by atoms with E-state index in [0.29, 0.717) is 40.0 Å². The molecule has 0 saturated carbocycles. The highest BCUT2D eigenvalue weighted by Gasteiger charge is 2.46. The minimum atomic E-state index is -0.529. The Labute approximate surface area is 194 Å². The maximum atomic E-state index is 14.0. The number of H-pyrrole nitrogens is 1. The van der Waals surface area contributed by atoms with Crippen LogP contribution in [0.15, 0.2) is 70.4 Å². The van der Waals surface area contributed by atoms with Gasteiger partial charge in [-0.15, -0.1) is 0 Å². The van der Waals surface area contributed by atoms with E-state index >= 15 is 0 Å². The second-order valence-electron chi connectivity index (χ2n) is 9.08. The summed E-state index contributed by atoms with van der Waals surface area (Å²) < 4.78 is 14.0. The topological polar surface area (TPSA) is 87.7 Å². The molecule has 2 atom stereocenters. The van der Waals surface area contributed by atoms with Gasteiger partial charge in [-0.25, -0.2) is 9.37 Å². The first-order valence-corrected chi connectivity index (χ1v) is 11.7. The second kappa shape index (κ2) is 8.26. The Morgan fingerprint density at radius 2 is 1.91 bits per heavy atom. The SMILES string of the molecule is CC1(C)C=C2Nc3nc(SCc4ccccc4F)[nH]c(=O)c3[C@H](c3ccccn3)[C@H]2C(=O)C1. The van der Waals surface area contributed by atoms with E-state index in [-0.39, 0.29) is 22.6 Å². The fraction of sp³-hybridized carbons (Fsp3) is 0.280. The number of fused-ring (bicyclic) bond motifs is 2. The van der Waals surface area contributed by atoms with E-state index in [0.717, 1.165) is 5.70 Å². The number of Topliss-reactive ketones (excluding diaryl/α,β-unsaturated/α-hetero) is 1. The highest BCUT2D eigenvalue weighted by atomic mass is 32.2. The van der Waals surface area contributed by atoms with E-state index in [1.165, 1.54) is 17.8 Å². The van der Waals surface area contributed by atoms with Crippen molar-refractivity contribution < 1.29 is 9.18 Å². The number of nitrogens with zero attached hydrogens (tertiary/aromatic N) is 2. The summed E-state index contributed by atoms with van der Waals surface area (Å²) in [7, 11) is 0. The monoisotopic (exact) mass is 462 g/mol. The first kappa shape index (κ1) is 21.6. The summed E-state index contributed by atoms with van der Waals surface area (Å²) in [6, 6.07) is 12.0. The summed E-state index contributed by atoms with van der Waals surface area (Å²) in [4.78, 5) is 38.5. The number of pyridine rings is 1. The molecule has 6 nitrogen and oxygen atoms in total. The van der Waals surface area contributed by atoms with Crippen molar-refractivity contribution in [2.45, 2.75) is 37.1 Å².